The Morgan fingerprint density at radius 3 is 2.53 bits per heavy atom. The molecule has 0 bridgehead atoms. The Balaban J connectivity index is 1.52. The minimum Gasteiger partial charge on any atom is -0.383 e. The number of amides is 1. The smallest absolute Gasteiger partial charge is 0.383 e. The molecule has 45 heavy (non-hydrogen) atoms. The molecule has 2 aliphatic rings. The third kappa shape index (κ3) is 7.23. The van der Waals surface area contributed by atoms with E-state index in [2.05, 4.69) is 20.3 Å². The van der Waals surface area contributed by atoms with Crippen LogP contribution in [-0.2, 0) is 15.7 Å². The molecule has 4 heterocycles. The molecule has 11 nitrogen and oxygen atoms in total. The number of ether oxygens (including phenoxy) is 2. The van der Waals surface area contributed by atoms with E-state index in [1.807, 2.05) is 4.90 Å². The van der Waals surface area contributed by atoms with Crippen LogP contribution in [0.1, 0.15) is 15.9 Å². The van der Waals surface area contributed by atoms with Crippen LogP contribution in [0.15, 0.2) is 41.6 Å². The number of benzene rings is 1. The fraction of sp³-hybridized carbons (Fsp3) is 0.448. The second-order valence-corrected chi connectivity index (χ2v) is 10.8. The van der Waals surface area contributed by atoms with Gasteiger partial charge in [-0.25, -0.2) is 18.7 Å². The molecule has 242 valence electrons. The first-order chi connectivity index (χ1) is 21.5. The van der Waals surface area contributed by atoms with Gasteiger partial charge in [-0.2, -0.15) is 13.2 Å². The summed E-state index contributed by atoms with van der Waals surface area (Å²) in [5.41, 5.74) is -3.13. The Morgan fingerprint density at radius 2 is 1.87 bits per heavy atom. The van der Waals surface area contributed by atoms with E-state index in [4.69, 9.17) is 9.47 Å². The van der Waals surface area contributed by atoms with E-state index in [1.165, 1.54) is 30.5 Å². The van der Waals surface area contributed by atoms with Crippen molar-refractivity contribution in [3.8, 4) is 11.1 Å². The van der Waals surface area contributed by atoms with Crippen LogP contribution < -0.4 is 20.7 Å². The minimum absolute atomic E-state index is 0.0372. The van der Waals surface area contributed by atoms with Crippen molar-refractivity contribution < 1.29 is 36.2 Å². The van der Waals surface area contributed by atoms with E-state index in [0.29, 0.717) is 51.6 Å². The predicted octanol–water partition coefficient (Wildman–Crippen LogP) is 3.18. The largest absolute Gasteiger partial charge is 0.417 e. The van der Waals surface area contributed by atoms with E-state index in [0.717, 1.165) is 6.07 Å². The molecule has 0 spiro atoms. The molecule has 2 aromatic heterocycles. The molecule has 3 aromatic rings. The van der Waals surface area contributed by atoms with Crippen LogP contribution in [0.25, 0.3) is 11.1 Å². The molecule has 0 radical (unpaired) electrons. The Morgan fingerprint density at radius 1 is 1.16 bits per heavy atom. The maximum Gasteiger partial charge on any atom is 0.417 e. The number of hydrogen-bond acceptors (Lipinski definition) is 9. The van der Waals surface area contributed by atoms with Gasteiger partial charge in [-0.3, -0.25) is 14.5 Å². The zero-order valence-electron chi connectivity index (χ0n) is 24.5. The molecule has 1 aromatic carbocycles. The van der Waals surface area contributed by atoms with E-state index < -0.39 is 46.8 Å². The third-order valence-electron chi connectivity index (χ3n) is 7.83. The summed E-state index contributed by atoms with van der Waals surface area (Å²) >= 11 is 0. The summed E-state index contributed by atoms with van der Waals surface area (Å²) < 4.78 is 82.6. The van der Waals surface area contributed by atoms with Crippen LogP contribution >= 0.6 is 0 Å². The number of aromatic nitrogens is 3. The van der Waals surface area contributed by atoms with Gasteiger partial charge < -0.3 is 29.6 Å². The summed E-state index contributed by atoms with van der Waals surface area (Å²) in [5, 5.41) is 2.44. The summed E-state index contributed by atoms with van der Waals surface area (Å²) in [6.07, 6.45) is -2.89. The lowest BCUT2D eigenvalue weighted by Gasteiger charge is -2.27. The number of likely N-dealkylation sites (N-methyl/N-ethyl adjacent to an activating group) is 1. The number of morpholine rings is 1. The van der Waals surface area contributed by atoms with Crippen molar-refractivity contribution in [2.45, 2.75) is 18.4 Å². The Hall–Kier alpha value is -4.15. The molecule has 2 atom stereocenters. The average molecular weight is 638 g/mol. The van der Waals surface area contributed by atoms with Gasteiger partial charge in [0, 0.05) is 69.1 Å². The summed E-state index contributed by atoms with van der Waals surface area (Å²) in [5.74, 6) is -1.53. The molecular weight excluding hydrogens is 605 g/mol. The van der Waals surface area contributed by atoms with Gasteiger partial charge in [0.05, 0.1) is 54.9 Å². The van der Waals surface area contributed by atoms with Crippen LogP contribution in [0.3, 0.4) is 0 Å². The van der Waals surface area contributed by atoms with Gasteiger partial charge in [0.15, 0.2) is 0 Å². The molecule has 0 unspecified atom stereocenters. The fourth-order valence-corrected chi connectivity index (χ4v) is 5.38. The zero-order valence-corrected chi connectivity index (χ0v) is 24.5. The van der Waals surface area contributed by atoms with Gasteiger partial charge in [0.25, 0.3) is 5.91 Å². The van der Waals surface area contributed by atoms with Gasteiger partial charge >= 0.3 is 6.18 Å². The van der Waals surface area contributed by atoms with Crippen molar-refractivity contribution in [3.05, 3.63) is 64.1 Å². The summed E-state index contributed by atoms with van der Waals surface area (Å²) in [4.78, 5) is 40.9. The first kappa shape index (κ1) is 32.2. The maximum atomic E-state index is 15.7. The van der Waals surface area contributed by atoms with E-state index in [1.54, 1.807) is 11.9 Å². The quantitative estimate of drug-likeness (QED) is 0.342. The molecular formula is C29H32F5N7O4. The first-order valence-electron chi connectivity index (χ1n) is 14.1. The zero-order chi connectivity index (χ0) is 32.3. The van der Waals surface area contributed by atoms with Gasteiger partial charge in [-0.15, -0.1) is 0 Å². The normalized spacial score (nSPS) is 18.9. The summed E-state index contributed by atoms with van der Waals surface area (Å²) in [6, 6.07) is 2.05. The predicted molar refractivity (Wildman–Crippen MR) is 156 cm³/mol. The van der Waals surface area contributed by atoms with Gasteiger partial charge in [0.2, 0.25) is 11.5 Å². The Kier molecular flexibility index (Phi) is 9.65. The topological polar surface area (TPSA) is 116 Å². The number of alkyl halides is 4. The molecule has 2 saturated heterocycles. The highest BCUT2D eigenvalue weighted by atomic mass is 19.4. The molecule has 1 amide bonds. The number of carbonyl (C=O) groups is 1. The van der Waals surface area contributed by atoms with Gasteiger partial charge in [-0.1, -0.05) is 0 Å². The van der Waals surface area contributed by atoms with Crippen molar-refractivity contribution in [1.82, 2.24) is 19.9 Å². The van der Waals surface area contributed by atoms with Crippen molar-refractivity contribution in [2.24, 2.45) is 0 Å². The lowest BCUT2D eigenvalue weighted by Crippen LogP contribution is -2.40. The Bertz CT molecular complexity index is 1560. The van der Waals surface area contributed by atoms with Crippen molar-refractivity contribution >= 4 is 23.2 Å². The number of H-pyrrole nitrogens is 1. The highest BCUT2D eigenvalue weighted by molar-refractivity contribution is 6.07. The molecule has 2 N–H and O–H groups in total. The van der Waals surface area contributed by atoms with E-state index in [9.17, 15) is 22.8 Å². The number of rotatable bonds is 9. The van der Waals surface area contributed by atoms with Gasteiger partial charge in [0.1, 0.15) is 12.0 Å². The lowest BCUT2D eigenvalue weighted by atomic mass is 10.0. The van der Waals surface area contributed by atoms with Crippen LogP contribution in [0.2, 0.25) is 0 Å². The van der Waals surface area contributed by atoms with Crippen LogP contribution in [0.5, 0.6) is 0 Å². The fourth-order valence-electron chi connectivity index (χ4n) is 5.38. The number of anilines is 3. The standard InChI is InChI=1S/C29H32F5N7O4/c1-39(3-6-44-2)25-16-41(15-22(25)31)24-11-21(30)18(17-12-36-28(37-13-17)40-4-7-45-8-5-40)9-23(24)38-27(43)19-14-35-26(42)10-20(19)29(32,33)34/h9-14,22,25H,3-8,15-16H2,1-2H3,(H,35,42)(H,38,43)/t22-,25-/m1/s1. The van der Waals surface area contributed by atoms with Crippen LogP contribution in [0.4, 0.5) is 39.3 Å². The number of hydrogen-bond donors (Lipinski definition) is 2. The number of pyridine rings is 1. The number of halogens is 5. The van der Waals surface area contributed by atoms with Crippen LogP contribution in [0, 0.1) is 5.82 Å². The van der Waals surface area contributed by atoms with Gasteiger partial charge in [-0.05, 0) is 19.2 Å². The SMILES string of the molecule is COCCN(C)[C@@H]1CN(c2cc(F)c(-c3cnc(N4CCOCC4)nc3)cc2NC(=O)c2c[nH]c(=O)cc2C(F)(F)F)C[C@H]1F. The second-order valence-electron chi connectivity index (χ2n) is 10.8. The van der Waals surface area contributed by atoms with E-state index in [-0.39, 0.29) is 41.7 Å². The number of carbonyl (C=O) groups excluding carboxylic acids is 1. The molecule has 0 aliphatic carbocycles. The van der Waals surface area contributed by atoms with Crippen LogP contribution in [-0.4, -0.2) is 105 Å². The minimum atomic E-state index is -5.01. The Labute approximate surface area is 255 Å². The van der Waals surface area contributed by atoms with Crippen molar-refractivity contribution in [1.29, 1.82) is 0 Å². The van der Waals surface area contributed by atoms with Crippen molar-refractivity contribution in [2.75, 3.05) is 81.8 Å². The third-order valence-corrected chi connectivity index (χ3v) is 7.83. The van der Waals surface area contributed by atoms with E-state index >= 15 is 8.78 Å². The second kappa shape index (κ2) is 13.5. The molecule has 0 saturated carbocycles. The highest BCUT2D eigenvalue weighted by Gasteiger charge is 2.38. The summed E-state index contributed by atoms with van der Waals surface area (Å²) in [7, 11) is 3.25. The molecule has 16 heteroatoms. The highest BCUT2D eigenvalue weighted by Crippen LogP contribution is 2.38. The average Bonchev–Trinajstić information content (AvgIpc) is 3.41. The first-order valence-corrected chi connectivity index (χ1v) is 14.1. The molecule has 5 rings (SSSR count). The van der Waals surface area contributed by atoms with Crippen molar-refractivity contribution in [3.63, 3.8) is 0 Å². The maximum absolute atomic E-state index is 15.7. The number of methoxy groups -OCH3 is 1. The number of nitrogens with zero attached hydrogens (tertiary/aromatic N) is 5. The lowest BCUT2D eigenvalue weighted by molar-refractivity contribution is -0.138. The number of nitrogens with one attached hydrogen (secondary N) is 2. The molecule has 2 fully saturated rings. The summed E-state index contributed by atoms with van der Waals surface area (Å²) in [6.45, 7) is 2.91. The monoisotopic (exact) mass is 637 g/mol. The number of aromatic amines is 1. The molecule has 2 aliphatic heterocycles.